The van der Waals surface area contributed by atoms with Gasteiger partial charge in [-0.3, -0.25) is 4.68 Å². The van der Waals surface area contributed by atoms with Crippen molar-refractivity contribution in [3.05, 3.63) is 84.2 Å². The molecule has 1 fully saturated rings. The molecule has 0 unspecified atom stereocenters. The van der Waals surface area contributed by atoms with Gasteiger partial charge in [-0.15, -0.1) is 0 Å². The summed E-state index contributed by atoms with van der Waals surface area (Å²) in [5.74, 6) is 0.654. The molecule has 0 radical (unpaired) electrons. The number of hydrogen-bond donors (Lipinski definition) is 2. The Bertz CT molecular complexity index is 971. The number of likely N-dealkylation sites (tertiary alicyclic amines) is 1. The molecule has 2 N–H and O–H groups in total. The standard InChI is InChI=1S/C26H32N4OS/c1-20(2)18-30-19-24(17-27-30)28-25(32)29-15-13-23(14-16-29)26(31,21-9-5-3-6-10-21)22-11-7-4-8-12-22/h3-12,17,19-20,23,31H,13-16,18H2,1-2H3,(H,28,32). The van der Waals surface area contributed by atoms with E-state index < -0.39 is 5.60 Å². The SMILES string of the molecule is CC(C)Cn1cc(NC(=S)N2CCC(C(O)(c3ccccc3)c3ccccc3)CC2)cn1. The van der Waals surface area contributed by atoms with Crippen LogP contribution in [0.4, 0.5) is 5.69 Å². The summed E-state index contributed by atoms with van der Waals surface area (Å²) in [5, 5.41) is 20.5. The Balaban J connectivity index is 1.44. The first-order valence-corrected chi connectivity index (χ1v) is 11.8. The van der Waals surface area contributed by atoms with Crippen molar-refractivity contribution in [1.29, 1.82) is 0 Å². The first-order chi connectivity index (χ1) is 15.5. The Morgan fingerprint density at radius 2 is 1.62 bits per heavy atom. The van der Waals surface area contributed by atoms with Crippen molar-refractivity contribution in [2.75, 3.05) is 18.4 Å². The highest BCUT2D eigenvalue weighted by Crippen LogP contribution is 2.41. The number of piperidine rings is 1. The first-order valence-electron chi connectivity index (χ1n) is 11.4. The van der Waals surface area contributed by atoms with Crippen LogP contribution in [-0.4, -0.2) is 38.0 Å². The second-order valence-electron chi connectivity index (χ2n) is 9.03. The van der Waals surface area contributed by atoms with Crippen LogP contribution in [0.25, 0.3) is 0 Å². The van der Waals surface area contributed by atoms with Crippen LogP contribution < -0.4 is 5.32 Å². The van der Waals surface area contributed by atoms with Crippen LogP contribution in [0.1, 0.15) is 37.8 Å². The summed E-state index contributed by atoms with van der Waals surface area (Å²) in [4.78, 5) is 2.20. The molecular weight excluding hydrogens is 416 g/mol. The van der Waals surface area contributed by atoms with E-state index in [1.165, 1.54) is 0 Å². The number of benzene rings is 2. The fourth-order valence-electron chi connectivity index (χ4n) is 4.63. The molecule has 1 aliphatic rings. The van der Waals surface area contributed by atoms with Crippen molar-refractivity contribution >= 4 is 23.0 Å². The van der Waals surface area contributed by atoms with Gasteiger partial charge in [0.2, 0.25) is 0 Å². The van der Waals surface area contributed by atoms with Gasteiger partial charge < -0.3 is 15.3 Å². The van der Waals surface area contributed by atoms with E-state index in [0.717, 1.165) is 54.4 Å². The average molecular weight is 449 g/mol. The first kappa shape index (κ1) is 22.5. The summed E-state index contributed by atoms with van der Waals surface area (Å²) in [6.07, 6.45) is 5.54. The van der Waals surface area contributed by atoms with Gasteiger partial charge in [0.25, 0.3) is 0 Å². The van der Waals surface area contributed by atoms with Gasteiger partial charge in [0, 0.05) is 25.8 Å². The van der Waals surface area contributed by atoms with Crippen LogP contribution in [-0.2, 0) is 12.1 Å². The van der Waals surface area contributed by atoms with E-state index in [4.69, 9.17) is 12.2 Å². The minimum Gasteiger partial charge on any atom is -0.380 e. The summed E-state index contributed by atoms with van der Waals surface area (Å²) in [6, 6.07) is 20.1. The van der Waals surface area contributed by atoms with Crippen molar-refractivity contribution in [2.24, 2.45) is 11.8 Å². The molecule has 1 saturated heterocycles. The summed E-state index contributed by atoms with van der Waals surface area (Å²) >= 11 is 5.69. The molecule has 2 heterocycles. The average Bonchev–Trinajstić information content (AvgIpc) is 3.25. The normalized spacial score (nSPS) is 15.2. The largest absolute Gasteiger partial charge is 0.380 e. The van der Waals surface area contributed by atoms with Gasteiger partial charge in [0.15, 0.2) is 5.11 Å². The van der Waals surface area contributed by atoms with E-state index in [9.17, 15) is 5.11 Å². The van der Waals surface area contributed by atoms with Crippen LogP contribution in [0.3, 0.4) is 0 Å². The van der Waals surface area contributed by atoms with Crippen LogP contribution in [0.15, 0.2) is 73.1 Å². The molecule has 0 atom stereocenters. The minimum atomic E-state index is -1.01. The van der Waals surface area contributed by atoms with E-state index >= 15 is 0 Å². The van der Waals surface area contributed by atoms with Gasteiger partial charge in [-0.05, 0) is 48.0 Å². The smallest absolute Gasteiger partial charge is 0.173 e. The molecule has 0 bridgehead atoms. The predicted molar refractivity (Wildman–Crippen MR) is 133 cm³/mol. The number of anilines is 1. The zero-order chi connectivity index (χ0) is 22.6. The van der Waals surface area contributed by atoms with E-state index in [1.54, 1.807) is 0 Å². The molecule has 4 rings (SSSR count). The fraction of sp³-hybridized carbons (Fsp3) is 0.385. The van der Waals surface area contributed by atoms with Crippen molar-refractivity contribution < 1.29 is 5.11 Å². The lowest BCUT2D eigenvalue weighted by Crippen LogP contribution is -2.47. The Morgan fingerprint density at radius 3 is 2.16 bits per heavy atom. The number of rotatable bonds is 6. The molecule has 3 aromatic rings. The molecule has 0 saturated carbocycles. The van der Waals surface area contributed by atoms with Gasteiger partial charge in [-0.25, -0.2) is 0 Å². The number of aromatic nitrogens is 2. The lowest BCUT2D eigenvalue weighted by molar-refractivity contribution is -0.00631. The van der Waals surface area contributed by atoms with Crippen molar-refractivity contribution in [2.45, 2.75) is 38.8 Å². The van der Waals surface area contributed by atoms with Crippen LogP contribution in [0.5, 0.6) is 0 Å². The third kappa shape index (κ3) is 4.87. The zero-order valence-corrected chi connectivity index (χ0v) is 19.6. The number of nitrogens with one attached hydrogen (secondary N) is 1. The van der Waals surface area contributed by atoms with Crippen LogP contribution in [0, 0.1) is 11.8 Å². The summed E-state index contributed by atoms with van der Waals surface area (Å²) in [7, 11) is 0. The molecular formula is C26H32N4OS. The molecule has 5 nitrogen and oxygen atoms in total. The van der Waals surface area contributed by atoms with Crippen LogP contribution in [0.2, 0.25) is 0 Å². The second-order valence-corrected chi connectivity index (χ2v) is 9.42. The molecule has 6 heteroatoms. The third-order valence-corrected chi connectivity index (χ3v) is 6.60. The molecule has 1 aromatic heterocycles. The molecule has 0 aliphatic carbocycles. The highest BCUT2D eigenvalue weighted by molar-refractivity contribution is 7.80. The Morgan fingerprint density at radius 1 is 1.06 bits per heavy atom. The third-order valence-electron chi connectivity index (χ3n) is 6.24. The van der Waals surface area contributed by atoms with Gasteiger partial charge in [-0.1, -0.05) is 74.5 Å². The summed E-state index contributed by atoms with van der Waals surface area (Å²) in [6.45, 7) is 6.85. The highest BCUT2D eigenvalue weighted by Gasteiger charge is 2.41. The zero-order valence-electron chi connectivity index (χ0n) is 18.8. The molecule has 0 spiro atoms. The lowest BCUT2D eigenvalue weighted by Gasteiger charge is -2.43. The topological polar surface area (TPSA) is 53.3 Å². The Hall–Kier alpha value is -2.70. The maximum absolute atomic E-state index is 12.0. The fourth-order valence-corrected chi connectivity index (χ4v) is 4.93. The van der Waals surface area contributed by atoms with Crippen molar-refractivity contribution in [3.63, 3.8) is 0 Å². The Labute approximate surface area is 196 Å². The van der Waals surface area contributed by atoms with E-state index in [-0.39, 0.29) is 5.92 Å². The van der Waals surface area contributed by atoms with Crippen LogP contribution >= 0.6 is 12.2 Å². The number of nitrogens with zero attached hydrogens (tertiary/aromatic N) is 3. The van der Waals surface area contributed by atoms with Crippen molar-refractivity contribution in [3.8, 4) is 0 Å². The summed E-state index contributed by atoms with van der Waals surface area (Å²) in [5.41, 5.74) is 1.80. The molecule has 0 amide bonds. The monoisotopic (exact) mass is 448 g/mol. The molecule has 2 aromatic carbocycles. The maximum Gasteiger partial charge on any atom is 0.173 e. The highest BCUT2D eigenvalue weighted by atomic mass is 32.1. The van der Waals surface area contributed by atoms with E-state index in [0.29, 0.717) is 5.92 Å². The predicted octanol–water partition coefficient (Wildman–Crippen LogP) is 4.88. The van der Waals surface area contributed by atoms with Gasteiger partial charge >= 0.3 is 0 Å². The summed E-state index contributed by atoms with van der Waals surface area (Å²) < 4.78 is 1.95. The quantitative estimate of drug-likeness (QED) is 0.526. The molecule has 1 aliphatic heterocycles. The van der Waals surface area contributed by atoms with E-state index in [1.807, 2.05) is 77.7 Å². The van der Waals surface area contributed by atoms with E-state index in [2.05, 4.69) is 29.2 Å². The molecule has 32 heavy (non-hydrogen) atoms. The number of aliphatic hydroxyl groups is 1. The second kappa shape index (κ2) is 9.84. The number of hydrogen-bond acceptors (Lipinski definition) is 3. The van der Waals surface area contributed by atoms with Gasteiger partial charge in [0.1, 0.15) is 5.60 Å². The van der Waals surface area contributed by atoms with Gasteiger partial charge in [0.05, 0.1) is 11.9 Å². The minimum absolute atomic E-state index is 0.111. The number of thiocarbonyl (C=S) groups is 1. The maximum atomic E-state index is 12.0. The van der Waals surface area contributed by atoms with Gasteiger partial charge in [-0.2, -0.15) is 5.10 Å². The Kier molecular flexibility index (Phi) is 6.92. The lowest BCUT2D eigenvalue weighted by atomic mass is 9.72. The molecule has 168 valence electrons. The van der Waals surface area contributed by atoms with Crippen molar-refractivity contribution in [1.82, 2.24) is 14.7 Å².